The number of rotatable bonds is 4. The van der Waals surface area contributed by atoms with E-state index >= 15 is 0 Å². The Morgan fingerprint density at radius 2 is 2.17 bits per heavy atom. The van der Waals surface area contributed by atoms with E-state index in [2.05, 4.69) is 9.72 Å². The van der Waals surface area contributed by atoms with E-state index in [-0.39, 0.29) is 17.1 Å². The first-order valence-corrected chi connectivity index (χ1v) is 4.87. The van der Waals surface area contributed by atoms with Gasteiger partial charge in [0.2, 0.25) is 5.88 Å². The molecule has 0 aliphatic heterocycles. The second kappa shape index (κ2) is 5.56. The van der Waals surface area contributed by atoms with Crippen LogP contribution in [0.2, 0.25) is 0 Å². The van der Waals surface area contributed by atoms with Crippen molar-refractivity contribution < 1.29 is 27.4 Å². The van der Waals surface area contributed by atoms with Crippen molar-refractivity contribution in [2.24, 2.45) is 0 Å². The first kappa shape index (κ1) is 14.1. The minimum absolute atomic E-state index is 0.111. The normalized spacial score (nSPS) is 11.1. The molecule has 0 saturated carbocycles. The van der Waals surface area contributed by atoms with Crippen molar-refractivity contribution in [2.45, 2.75) is 12.6 Å². The predicted molar refractivity (Wildman–Crippen MR) is 56.2 cm³/mol. The molecule has 0 aliphatic carbocycles. The third-order valence-corrected chi connectivity index (χ3v) is 1.90. The van der Waals surface area contributed by atoms with Crippen LogP contribution in [0, 0.1) is 0 Å². The molecule has 5 nitrogen and oxygen atoms in total. The Morgan fingerprint density at radius 1 is 1.50 bits per heavy atom. The van der Waals surface area contributed by atoms with Gasteiger partial charge in [0.15, 0.2) is 0 Å². The van der Waals surface area contributed by atoms with E-state index < -0.39 is 25.2 Å². The molecule has 1 rings (SSSR count). The van der Waals surface area contributed by atoms with Gasteiger partial charge < -0.3 is 15.2 Å². The number of carbonyl (C=O) groups excluding carboxylic acids is 1. The molecule has 1 aromatic rings. The molecule has 1 heterocycles. The Morgan fingerprint density at radius 3 is 2.72 bits per heavy atom. The summed E-state index contributed by atoms with van der Waals surface area (Å²) >= 11 is 0. The summed E-state index contributed by atoms with van der Waals surface area (Å²) in [5.41, 5.74) is 5.48. The zero-order chi connectivity index (χ0) is 13.8. The maximum atomic E-state index is 11.9. The summed E-state index contributed by atoms with van der Waals surface area (Å²) in [5.74, 6) is -1.02. The largest absolute Gasteiger partial charge is 0.477 e. The highest BCUT2D eigenvalue weighted by atomic mass is 19.4. The predicted octanol–water partition coefficient (Wildman–Crippen LogP) is 1.78. The van der Waals surface area contributed by atoms with Gasteiger partial charge in [-0.3, -0.25) is 0 Å². The lowest BCUT2D eigenvalue weighted by Gasteiger charge is -2.10. The van der Waals surface area contributed by atoms with Crippen LogP contribution in [0.25, 0.3) is 0 Å². The highest BCUT2D eigenvalue weighted by molar-refractivity contribution is 5.92. The Bertz CT molecular complexity index is 435. The molecule has 0 saturated heterocycles. The third-order valence-electron chi connectivity index (χ3n) is 1.90. The van der Waals surface area contributed by atoms with Gasteiger partial charge in [-0.2, -0.15) is 13.2 Å². The quantitative estimate of drug-likeness (QED) is 0.839. The van der Waals surface area contributed by atoms with Crippen molar-refractivity contribution in [3.05, 3.63) is 17.8 Å². The van der Waals surface area contributed by atoms with E-state index in [1.165, 1.54) is 12.3 Å². The van der Waals surface area contributed by atoms with Crippen molar-refractivity contribution in [2.75, 3.05) is 19.5 Å². The number of halogens is 3. The fourth-order valence-corrected chi connectivity index (χ4v) is 1.10. The molecule has 18 heavy (non-hydrogen) atoms. The molecule has 0 spiro atoms. The molecule has 1 aromatic heterocycles. The van der Waals surface area contributed by atoms with Crippen molar-refractivity contribution in [3.8, 4) is 5.88 Å². The van der Waals surface area contributed by atoms with Crippen LogP contribution in [-0.2, 0) is 4.74 Å². The first-order valence-electron chi connectivity index (χ1n) is 4.87. The molecule has 0 radical (unpaired) electrons. The number of esters is 1. The van der Waals surface area contributed by atoms with Crippen molar-refractivity contribution in [1.82, 2.24) is 4.98 Å². The topological polar surface area (TPSA) is 74.4 Å². The number of ether oxygens (including phenoxy) is 2. The van der Waals surface area contributed by atoms with Gasteiger partial charge in [-0.1, -0.05) is 0 Å². The molecular weight excluding hydrogens is 253 g/mol. The molecule has 0 aliphatic rings. The lowest BCUT2D eigenvalue weighted by Crippen LogP contribution is -2.15. The fraction of sp³-hybridized carbons (Fsp3) is 0.400. The maximum Gasteiger partial charge on any atom is 0.392 e. The monoisotopic (exact) mass is 264 g/mol. The number of nitrogens with two attached hydrogens (primary N) is 1. The summed E-state index contributed by atoms with van der Waals surface area (Å²) in [5, 5.41) is 0. The van der Waals surface area contributed by atoms with E-state index in [4.69, 9.17) is 10.5 Å². The van der Waals surface area contributed by atoms with Crippen LogP contribution in [0.15, 0.2) is 12.3 Å². The summed E-state index contributed by atoms with van der Waals surface area (Å²) in [6.45, 7) is -0.635. The van der Waals surface area contributed by atoms with Gasteiger partial charge in [0, 0.05) is 0 Å². The summed E-state index contributed by atoms with van der Waals surface area (Å²) < 4.78 is 45.1. The fourth-order valence-electron chi connectivity index (χ4n) is 1.10. The Hall–Kier alpha value is -1.99. The number of hydrogen-bond donors (Lipinski definition) is 1. The van der Waals surface area contributed by atoms with Crippen LogP contribution in [0.4, 0.5) is 18.9 Å². The number of nitrogens with zero attached hydrogens (tertiary/aromatic N) is 1. The van der Waals surface area contributed by atoms with Gasteiger partial charge in [-0.25, -0.2) is 9.78 Å². The number of methoxy groups -OCH3 is 1. The summed E-state index contributed by atoms with van der Waals surface area (Å²) in [4.78, 5) is 15.0. The van der Waals surface area contributed by atoms with Crippen LogP contribution in [0.5, 0.6) is 5.88 Å². The lowest BCUT2D eigenvalue weighted by molar-refractivity contribution is -0.139. The van der Waals surface area contributed by atoms with Gasteiger partial charge >= 0.3 is 12.1 Å². The van der Waals surface area contributed by atoms with E-state index in [1.807, 2.05) is 0 Å². The third kappa shape index (κ3) is 4.11. The molecule has 0 aromatic carbocycles. The molecule has 0 amide bonds. The average molecular weight is 264 g/mol. The van der Waals surface area contributed by atoms with Crippen LogP contribution < -0.4 is 10.5 Å². The summed E-state index contributed by atoms with van der Waals surface area (Å²) in [7, 11) is 1.13. The molecule has 2 N–H and O–H groups in total. The SMILES string of the molecule is COC(=O)c1cc(N)cnc1OCCC(F)(F)F. The molecule has 0 atom stereocenters. The summed E-state index contributed by atoms with van der Waals surface area (Å²) in [6.07, 6.45) is -4.30. The molecule has 0 fully saturated rings. The highest BCUT2D eigenvalue weighted by Gasteiger charge is 2.27. The second-order valence-electron chi connectivity index (χ2n) is 3.33. The Balaban J connectivity index is 2.79. The van der Waals surface area contributed by atoms with Crippen molar-refractivity contribution in [3.63, 3.8) is 0 Å². The van der Waals surface area contributed by atoms with Gasteiger partial charge in [0.05, 0.1) is 32.0 Å². The van der Waals surface area contributed by atoms with Crippen molar-refractivity contribution in [1.29, 1.82) is 0 Å². The van der Waals surface area contributed by atoms with Gasteiger partial charge in [-0.15, -0.1) is 0 Å². The number of pyridine rings is 1. The van der Waals surface area contributed by atoms with E-state index in [0.717, 1.165) is 7.11 Å². The zero-order valence-corrected chi connectivity index (χ0v) is 9.45. The van der Waals surface area contributed by atoms with E-state index in [1.54, 1.807) is 0 Å². The molecular formula is C10H11F3N2O3. The first-order chi connectivity index (χ1) is 8.33. The standard InChI is InChI=1S/C10H11F3N2O3/c1-17-9(16)7-4-6(14)5-15-8(7)18-3-2-10(11,12)13/h4-5H,2-3,14H2,1H3. The zero-order valence-electron chi connectivity index (χ0n) is 9.45. The lowest BCUT2D eigenvalue weighted by atomic mass is 10.2. The van der Waals surface area contributed by atoms with E-state index in [9.17, 15) is 18.0 Å². The molecule has 0 unspecified atom stereocenters. The molecule has 0 bridgehead atoms. The number of aromatic nitrogens is 1. The minimum atomic E-state index is -4.33. The van der Waals surface area contributed by atoms with Gasteiger partial charge in [-0.05, 0) is 6.07 Å². The highest BCUT2D eigenvalue weighted by Crippen LogP contribution is 2.22. The van der Waals surface area contributed by atoms with Crippen LogP contribution in [-0.4, -0.2) is 30.8 Å². The smallest absolute Gasteiger partial charge is 0.392 e. The number of anilines is 1. The van der Waals surface area contributed by atoms with Crippen LogP contribution >= 0.6 is 0 Å². The summed E-state index contributed by atoms with van der Waals surface area (Å²) in [6, 6.07) is 1.22. The maximum absolute atomic E-state index is 11.9. The van der Waals surface area contributed by atoms with E-state index in [0.29, 0.717) is 0 Å². The average Bonchev–Trinajstić information content (AvgIpc) is 2.28. The van der Waals surface area contributed by atoms with Crippen LogP contribution in [0.3, 0.4) is 0 Å². The number of nitrogen functional groups attached to an aromatic ring is 1. The number of hydrogen-bond acceptors (Lipinski definition) is 5. The second-order valence-corrected chi connectivity index (χ2v) is 3.33. The Labute approximate surface area is 101 Å². The number of alkyl halides is 3. The van der Waals surface area contributed by atoms with Crippen LogP contribution in [0.1, 0.15) is 16.8 Å². The number of carbonyl (C=O) groups is 1. The van der Waals surface area contributed by atoms with Gasteiger partial charge in [0.1, 0.15) is 5.56 Å². The van der Waals surface area contributed by atoms with Gasteiger partial charge in [0.25, 0.3) is 0 Å². The molecule has 8 heteroatoms. The van der Waals surface area contributed by atoms with Crippen molar-refractivity contribution >= 4 is 11.7 Å². The Kier molecular flexibility index (Phi) is 4.35. The minimum Gasteiger partial charge on any atom is -0.477 e. The molecule has 100 valence electrons.